The van der Waals surface area contributed by atoms with Crippen LogP contribution < -0.4 is 4.72 Å². The van der Waals surface area contributed by atoms with Crippen molar-refractivity contribution in [2.75, 3.05) is 18.8 Å². The number of nitrogens with zero attached hydrogens (tertiary/aromatic N) is 1. The molecule has 0 spiro atoms. The molecule has 0 aliphatic heterocycles. The quantitative estimate of drug-likeness (QED) is 0.939. The van der Waals surface area contributed by atoms with Crippen LogP contribution in [0.5, 0.6) is 0 Å². The van der Waals surface area contributed by atoms with E-state index in [1.54, 1.807) is 26.2 Å². The molecule has 0 aliphatic rings. The van der Waals surface area contributed by atoms with E-state index in [0.29, 0.717) is 5.56 Å². The maximum absolute atomic E-state index is 13.2. The van der Waals surface area contributed by atoms with Crippen LogP contribution in [0.25, 0.3) is 0 Å². The molecule has 7 heteroatoms. The number of rotatable bonds is 4. The summed E-state index contributed by atoms with van der Waals surface area (Å²) in [5, 5.41) is 0. The van der Waals surface area contributed by atoms with Crippen LogP contribution in [0.1, 0.15) is 10.4 Å². The molecule has 22 heavy (non-hydrogen) atoms. The Morgan fingerprint density at radius 2 is 1.77 bits per heavy atom. The summed E-state index contributed by atoms with van der Waals surface area (Å²) in [6.07, 6.45) is 0. The predicted octanol–water partition coefficient (Wildman–Crippen LogP) is 2.33. The van der Waals surface area contributed by atoms with Gasteiger partial charge in [0.1, 0.15) is 5.82 Å². The monoisotopic (exact) mass is 322 g/mol. The van der Waals surface area contributed by atoms with E-state index in [-0.39, 0.29) is 16.5 Å². The number of amides is 1. The number of hydrogen-bond donors (Lipinski definition) is 1. The second-order valence-corrected chi connectivity index (χ2v) is 6.53. The molecular formula is C15H15FN2O3S. The lowest BCUT2D eigenvalue weighted by Crippen LogP contribution is -2.22. The summed E-state index contributed by atoms with van der Waals surface area (Å²) < 4.78 is 39.9. The molecule has 2 rings (SSSR count). The molecule has 0 saturated heterocycles. The van der Waals surface area contributed by atoms with Crippen molar-refractivity contribution in [1.82, 2.24) is 4.90 Å². The lowest BCUT2D eigenvalue weighted by Gasteiger charge is -2.12. The minimum absolute atomic E-state index is 0.183. The van der Waals surface area contributed by atoms with Gasteiger partial charge in [-0.25, -0.2) is 12.8 Å². The Kier molecular flexibility index (Phi) is 4.46. The first-order valence-electron chi connectivity index (χ1n) is 6.40. The molecule has 2 aromatic rings. The zero-order valence-corrected chi connectivity index (χ0v) is 12.9. The van der Waals surface area contributed by atoms with E-state index < -0.39 is 15.8 Å². The molecular weight excluding hydrogens is 307 g/mol. The number of halogens is 1. The third-order valence-corrected chi connectivity index (χ3v) is 4.25. The van der Waals surface area contributed by atoms with E-state index in [2.05, 4.69) is 4.72 Å². The Hall–Kier alpha value is -2.41. The fraction of sp³-hybridized carbons (Fsp3) is 0.133. The number of nitrogens with one attached hydrogen (secondary N) is 1. The average molecular weight is 322 g/mol. The molecule has 2 aromatic carbocycles. The highest BCUT2D eigenvalue weighted by Crippen LogP contribution is 2.18. The molecule has 5 nitrogen and oxygen atoms in total. The maximum Gasteiger partial charge on any atom is 0.261 e. The largest absolute Gasteiger partial charge is 0.345 e. The molecule has 116 valence electrons. The highest BCUT2D eigenvalue weighted by atomic mass is 32.2. The van der Waals surface area contributed by atoms with Crippen molar-refractivity contribution >= 4 is 21.6 Å². The van der Waals surface area contributed by atoms with Gasteiger partial charge in [-0.05, 0) is 36.4 Å². The van der Waals surface area contributed by atoms with Crippen molar-refractivity contribution in [1.29, 1.82) is 0 Å². The predicted molar refractivity (Wildman–Crippen MR) is 81.7 cm³/mol. The summed E-state index contributed by atoms with van der Waals surface area (Å²) in [6, 6.07) is 10.8. The van der Waals surface area contributed by atoms with Crippen LogP contribution in [0.15, 0.2) is 53.4 Å². The van der Waals surface area contributed by atoms with Gasteiger partial charge in [-0.1, -0.05) is 12.1 Å². The van der Waals surface area contributed by atoms with E-state index in [1.807, 2.05) is 0 Å². The van der Waals surface area contributed by atoms with Gasteiger partial charge in [-0.3, -0.25) is 9.52 Å². The van der Waals surface area contributed by atoms with Crippen molar-refractivity contribution in [3.05, 3.63) is 59.9 Å². The Labute approximate surface area is 128 Å². The SMILES string of the molecule is CN(C)C(=O)c1cccc(NS(=O)(=O)c2cccc(F)c2)c1. The van der Waals surface area contributed by atoms with E-state index >= 15 is 0 Å². The van der Waals surface area contributed by atoms with Crippen LogP contribution in [-0.2, 0) is 10.0 Å². The second-order valence-electron chi connectivity index (χ2n) is 4.84. The minimum atomic E-state index is -3.91. The smallest absolute Gasteiger partial charge is 0.261 e. The summed E-state index contributed by atoms with van der Waals surface area (Å²) in [5.41, 5.74) is 0.585. The van der Waals surface area contributed by atoms with E-state index in [4.69, 9.17) is 0 Å². The molecule has 0 unspecified atom stereocenters. The minimum Gasteiger partial charge on any atom is -0.345 e. The summed E-state index contributed by atoms with van der Waals surface area (Å²) in [6.45, 7) is 0. The summed E-state index contributed by atoms with van der Waals surface area (Å²) in [4.78, 5) is 13.1. The first-order valence-corrected chi connectivity index (χ1v) is 7.88. The molecule has 0 atom stereocenters. The zero-order chi connectivity index (χ0) is 16.3. The van der Waals surface area contributed by atoms with Crippen LogP contribution in [-0.4, -0.2) is 33.3 Å². The molecule has 0 heterocycles. The Balaban J connectivity index is 2.31. The maximum atomic E-state index is 13.2. The van der Waals surface area contributed by atoms with Crippen molar-refractivity contribution in [2.24, 2.45) is 0 Å². The van der Waals surface area contributed by atoms with Crippen molar-refractivity contribution in [3.8, 4) is 0 Å². The fourth-order valence-electron chi connectivity index (χ4n) is 1.82. The van der Waals surface area contributed by atoms with Crippen LogP contribution in [0.4, 0.5) is 10.1 Å². The summed E-state index contributed by atoms with van der Waals surface area (Å²) in [7, 11) is -0.707. The van der Waals surface area contributed by atoms with E-state index in [9.17, 15) is 17.6 Å². The van der Waals surface area contributed by atoms with Gasteiger partial charge >= 0.3 is 0 Å². The lowest BCUT2D eigenvalue weighted by atomic mass is 10.2. The number of benzene rings is 2. The second kappa shape index (κ2) is 6.15. The molecule has 0 bridgehead atoms. The van der Waals surface area contributed by atoms with Gasteiger partial charge in [0.15, 0.2) is 0 Å². The molecule has 1 N–H and O–H groups in total. The zero-order valence-electron chi connectivity index (χ0n) is 12.1. The topological polar surface area (TPSA) is 66.5 Å². The number of hydrogen-bond acceptors (Lipinski definition) is 3. The van der Waals surface area contributed by atoms with Gasteiger partial charge in [-0.15, -0.1) is 0 Å². The van der Waals surface area contributed by atoms with Crippen LogP contribution in [0.2, 0.25) is 0 Å². The third-order valence-electron chi connectivity index (χ3n) is 2.87. The first-order chi connectivity index (χ1) is 10.3. The highest BCUT2D eigenvalue weighted by molar-refractivity contribution is 7.92. The average Bonchev–Trinajstić information content (AvgIpc) is 2.46. The van der Waals surface area contributed by atoms with Crippen molar-refractivity contribution in [2.45, 2.75) is 4.90 Å². The Morgan fingerprint density at radius 3 is 2.41 bits per heavy atom. The number of sulfonamides is 1. The number of anilines is 1. The van der Waals surface area contributed by atoms with Crippen molar-refractivity contribution in [3.63, 3.8) is 0 Å². The van der Waals surface area contributed by atoms with Gasteiger partial charge < -0.3 is 4.90 Å². The van der Waals surface area contributed by atoms with E-state index in [0.717, 1.165) is 12.1 Å². The summed E-state index contributed by atoms with van der Waals surface area (Å²) in [5.74, 6) is -0.883. The van der Waals surface area contributed by atoms with Gasteiger partial charge in [-0.2, -0.15) is 0 Å². The lowest BCUT2D eigenvalue weighted by molar-refractivity contribution is 0.0827. The van der Waals surface area contributed by atoms with Crippen LogP contribution >= 0.6 is 0 Å². The summed E-state index contributed by atoms with van der Waals surface area (Å²) >= 11 is 0. The normalized spacial score (nSPS) is 11.0. The van der Waals surface area contributed by atoms with Gasteiger partial charge in [0.05, 0.1) is 4.90 Å². The van der Waals surface area contributed by atoms with Gasteiger partial charge in [0, 0.05) is 25.3 Å². The van der Waals surface area contributed by atoms with Gasteiger partial charge in [0.2, 0.25) is 0 Å². The standard InChI is InChI=1S/C15H15FN2O3S/c1-18(2)15(19)11-5-3-7-13(9-11)17-22(20,21)14-8-4-6-12(16)10-14/h3-10,17H,1-2H3. The molecule has 0 saturated carbocycles. The molecule has 0 aliphatic carbocycles. The van der Waals surface area contributed by atoms with Crippen LogP contribution in [0, 0.1) is 5.82 Å². The number of carbonyl (C=O) groups is 1. The Bertz CT molecular complexity index is 804. The van der Waals surface area contributed by atoms with Gasteiger partial charge in [0.25, 0.3) is 15.9 Å². The van der Waals surface area contributed by atoms with Crippen molar-refractivity contribution < 1.29 is 17.6 Å². The van der Waals surface area contributed by atoms with E-state index in [1.165, 1.54) is 29.2 Å². The molecule has 0 fully saturated rings. The van der Waals surface area contributed by atoms with Crippen LogP contribution in [0.3, 0.4) is 0 Å². The Morgan fingerprint density at radius 1 is 1.09 bits per heavy atom. The highest BCUT2D eigenvalue weighted by Gasteiger charge is 2.16. The molecule has 1 amide bonds. The third kappa shape index (κ3) is 3.62. The number of carbonyl (C=O) groups excluding carboxylic acids is 1. The molecule has 0 radical (unpaired) electrons. The fourth-order valence-corrected chi connectivity index (χ4v) is 2.90. The molecule has 0 aromatic heterocycles. The first kappa shape index (κ1) is 16.0.